The van der Waals surface area contributed by atoms with Crippen LogP contribution in [0.25, 0.3) is 0 Å². The molecule has 0 atom stereocenters. The predicted octanol–water partition coefficient (Wildman–Crippen LogP) is 3.49. The molecular weight excluding hydrogens is 326 g/mol. The molecule has 1 N–H and O–H groups in total. The molecule has 1 aromatic carbocycles. The van der Waals surface area contributed by atoms with Crippen molar-refractivity contribution >= 4 is 37.6 Å². The first kappa shape index (κ1) is 15.0. The van der Waals surface area contributed by atoms with E-state index in [4.69, 9.17) is 11.6 Å². The van der Waals surface area contributed by atoms with E-state index < -0.39 is 15.6 Å². The molecule has 0 saturated carbocycles. The molecule has 3 nitrogen and oxygen atoms in total. The highest BCUT2D eigenvalue weighted by Crippen LogP contribution is 2.28. The molecule has 17 heavy (non-hydrogen) atoms. The highest BCUT2D eigenvalue weighted by atomic mass is 79.9. The molecule has 1 rings (SSSR count). The Hall–Kier alpha value is -0.100. The van der Waals surface area contributed by atoms with Crippen LogP contribution in [0.2, 0.25) is 5.02 Å². The Balaban J connectivity index is 3.26. The number of hydrogen-bond donors (Lipinski definition) is 1. The van der Waals surface area contributed by atoms with Crippen molar-refractivity contribution in [1.29, 1.82) is 0 Å². The second-order valence-electron chi connectivity index (χ2n) is 4.87. The summed E-state index contributed by atoms with van der Waals surface area (Å²) in [4.78, 5) is 0.162. The van der Waals surface area contributed by atoms with Gasteiger partial charge in [0.25, 0.3) is 0 Å². The summed E-state index contributed by atoms with van der Waals surface area (Å²) >= 11 is 9.27. The Kier molecular flexibility index (Phi) is 4.29. The van der Waals surface area contributed by atoms with E-state index in [0.717, 1.165) is 5.56 Å². The van der Waals surface area contributed by atoms with E-state index in [-0.39, 0.29) is 4.90 Å². The topological polar surface area (TPSA) is 46.2 Å². The molecule has 0 bridgehead atoms. The molecule has 0 aliphatic carbocycles. The molecule has 0 saturated heterocycles. The third kappa shape index (κ3) is 3.95. The fraction of sp³-hybridized carbons (Fsp3) is 0.455. The zero-order valence-electron chi connectivity index (χ0n) is 10.1. The van der Waals surface area contributed by atoms with E-state index in [1.807, 2.05) is 6.92 Å². The predicted molar refractivity (Wildman–Crippen MR) is 74.0 cm³/mol. The van der Waals surface area contributed by atoms with Gasteiger partial charge in [-0.2, -0.15) is 0 Å². The molecule has 0 heterocycles. The lowest BCUT2D eigenvalue weighted by molar-refractivity contribution is 0.491. The van der Waals surface area contributed by atoms with Crippen LogP contribution in [-0.2, 0) is 10.0 Å². The van der Waals surface area contributed by atoms with Crippen molar-refractivity contribution in [2.75, 3.05) is 0 Å². The third-order valence-electron chi connectivity index (χ3n) is 2.01. The van der Waals surface area contributed by atoms with Crippen molar-refractivity contribution in [3.8, 4) is 0 Å². The summed E-state index contributed by atoms with van der Waals surface area (Å²) in [5.74, 6) is 0. The Morgan fingerprint density at radius 1 is 1.29 bits per heavy atom. The van der Waals surface area contributed by atoms with E-state index in [0.29, 0.717) is 9.50 Å². The summed E-state index contributed by atoms with van der Waals surface area (Å²) in [5.41, 5.74) is 0.296. The molecule has 0 aliphatic rings. The normalized spacial score (nSPS) is 12.8. The average molecular weight is 341 g/mol. The van der Waals surface area contributed by atoms with E-state index in [1.54, 1.807) is 26.8 Å². The first-order valence-electron chi connectivity index (χ1n) is 5.02. The molecule has 0 amide bonds. The van der Waals surface area contributed by atoms with Gasteiger partial charge in [0.05, 0.1) is 4.90 Å². The Labute approximate surface area is 116 Å². The SMILES string of the molecule is Cc1c(Cl)cc(S(=O)(=O)NC(C)(C)C)cc1Br. The quantitative estimate of drug-likeness (QED) is 0.896. The van der Waals surface area contributed by atoms with Crippen LogP contribution >= 0.6 is 27.5 Å². The molecule has 1 aromatic rings. The molecule has 96 valence electrons. The van der Waals surface area contributed by atoms with Crippen LogP contribution < -0.4 is 4.72 Å². The van der Waals surface area contributed by atoms with Crippen LogP contribution in [-0.4, -0.2) is 14.0 Å². The Bertz CT molecular complexity index is 512. The minimum absolute atomic E-state index is 0.162. The molecule has 0 aliphatic heterocycles. The zero-order chi connectivity index (χ0) is 13.4. The Morgan fingerprint density at radius 3 is 2.24 bits per heavy atom. The first-order chi connectivity index (χ1) is 7.53. The number of halogens is 2. The van der Waals surface area contributed by atoms with E-state index >= 15 is 0 Å². The standard InChI is InChI=1S/C11H15BrClNO2S/c1-7-9(12)5-8(6-10(7)13)17(15,16)14-11(2,3)4/h5-6,14H,1-4H3. The third-order valence-corrected chi connectivity index (χ3v) is 4.96. The van der Waals surface area contributed by atoms with Gasteiger partial charge in [-0.1, -0.05) is 27.5 Å². The molecule has 0 spiro atoms. The van der Waals surface area contributed by atoms with Gasteiger partial charge in [0.1, 0.15) is 0 Å². The molecular formula is C11H15BrClNO2S. The maximum Gasteiger partial charge on any atom is 0.241 e. The number of benzene rings is 1. The highest BCUT2D eigenvalue weighted by Gasteiger charge is 2.23. The van der Waals surface area contributed by atoms with Crippen molar-refractivity contribution < 1.29 is 8.42 Å². The summed E-state index contributed by atoms with van der Waals surface area (Å²) in [5, 5.41) is 0.425. The fourth-order valence-electron chi connectivity index (χ4n) is 1.24. The van der Waals surface area contributed by atoms with Crippen molar-refractivity contribution in [2.45, 2.75) is 38.1 Å². The van der Waals surface area contributed by atoms with Gasteiger partial charge in [0, 0.05) is 15.0 Å². The molecule has 6 heteroatoms. The van der Waals surface area contributed by atoms with E-state index in [9.17, 15) is 8.42 Å². The van der Waals surface area contributed by atoms with Crippen LogP contribution in [0, 0.1) is 6.92 Å². The second-order valence-corrected chi connectivity index (χ2v) is 7.81. The van der Waals surface area contributed by atoms with Crippen molar-refractivity contribution in [3.63, 3.8) is 0 Å². The van der Waals surface area contributed by atoms with Crippen LogP contribution in [0.4, 0.5) is 0 Å². The van der Waals surface area contributed by atoms with E-state index in [2.05, 4.69) is 20.7 Å². The van der Waals surface area contributed by atoms with Gasteiger partial charge in [-0.25, -0.2) is 13.1 Å². The largest absolute Gasteiger partial charge is 0.241 e. The Morgan fingerprint density at radius 2 is 1.82 bits per heavy atom. The summed E-state index contributed by atoms with van der Waals surface area (Å²) < 4.78 is 27.4. The van der Waals surface area contributed by atoms with Crippen LogP contribution in [0.5, 0.6) is 0 Å². The summed E-state index contributed by atoms with van der Waals surface area (Å²) in [7, 11) is -3.54. The fourth-order valence-corrected chi connectivity index (χ4v) is 3.72. The summed E-state index contributed by atoms with van der Waals surface area (Å²) in [6.45, 7) is 7.18. The number of hydrogen-bond acceptors (Lipinski definition) is 2. The lowest BCUT2D eigenvalue weighted by atomic mass is 10.1. The minimum Gasteiger partial charge on any atom is -0.207 e. The number of nitrogens with one attached hydrogen (secondary N) is 1. The monoisotopic (exact) mass is 339 g/mol. The summed E-state index contributed by atoms with van der Waals surface area (Å²) in [6.07, 6.45) is 0. The van der Waals surface area contributed by atoms with Gasteiger partial charge in [0.15, 0.2) is 0 Å². The number of rotatable bonds is 2. The van der Waals surface area contributed by atoms with Crippen LogP contribution in [0.15, 0.2) is 21.5 Å². The van der Waals surface area contributed by atoms with Crippen molar-refractivity contribution in [2.24, 2.45) is 0 Å². The molecule has 0 unspecified atom stereocenters. The maximum atomic E-state index is 12.1. The number of sulfonamides is 1. The molecule has 0 aromatic heterocycles. The average Bonchev–Trinajstić information content (AvgIpc) is 2.09. The first-order valence-corrected chi connectivity index (χ1v) is 7.68. The highest BCUT2D eigenvalue weighted by molar-refractivity contribution is 9.10. The van der Waals surface area contributed by atoms with Gasteiger partial charge in [-0.05, 0) is 45.4 Å². The van der Waals surface area contributed by atoms with Gasteiger partial charge < -0.3 is 0 Å². The lowest BCUT2D eigenvalue weighted by Gasteiger charge is -2.20. The van der Waals surface area contributed by atoms with Crippen LogP contribution in [0.3, 0.4) is 0 Å². The van der Waals surface area contributed by atoms with Gasteiger partial charge in [-0.15, -0.1) is 0 Å². The van der Waals surface area contributed by atoms with Gasteiger partial charge >= 0.3 is 0 Å². The maximum absolute atomic E-state index is 12.1. The summed E-state index contributed by atoms with van der Waals surface area (Å²) in [6, 6.07) is 3.00. The van der Waals surface area contributed by atoms with E-state index in [1.165, 1.54) is 6.07 Å². The second kappa shape index (κ2) is 4.88. The minimum atomic E-state index is -3.54. The zero-order valence-corrected chi connectivity index (χ0v) is 13.3. The molecule has 0 fully saturated rings. The smallest absolute Gasteiger partial charge is 0.207 e. The van der Waals surface area contributed by atoms with Crippen molar-refractivity contribution in [3.05, 3.63) is 27.2 Å². The van der Waals surface area contributed by atoms with Crippen molar-refractivity contribution in [1.82, 2.24) is 4.72 Å². The lowest BCUT2D eigenvalue weighted by Crippen LogP contribution is -2.40. The van der Waals surface area contributed by atoms with Gasteiger partial charge in [0.2, 0.25) is 10.0 Å². The van der Waals surface area contributed by atoms with Gasteiger partial charge in [-0.3, -0.25) is 0 Å². The van der Waals surface area contributed by atoms with Crippen LogP contribution in [0.1, 0.15) is 26.3 Å². The molecule has 0 radical (unpaired) electrons.